The van der Waals surface area contributed by atoms with Crippen LogP contribution in [-0.2, 0) is 17.7 Å². The molecule has 3 rings (SSSR count). The second-order valence-corrected chi connectivity index (χ2v) is 7.86. The maximum atomic E-state index is 12.6. The molecule has 1 aliphatic heterocycles. The maximum absolute atomic E-state index is 12.6. The fraction of sp³-hybridized carbons (Fsp3) is 0.294. The highest BCUT2D eigenvalue weighted by molar-refractivity contribution is 7.17. The number of benzene rings is 1. The van der Waals surface area contributed by atoms with E-state index < -0.39 is 5.97 Å². The summed E-state index contributed by atoms with van der Waals surface area (Å²) < 4.78 is 4.92. The third-order valence-corrected chi connectivity index (χ3v) is 5.84. The average Bonchev–Trinajstić information content (AvgIpc) is 2.90. The largest absolute Gasteiger partial charge is 0.465 e. The molecular formula is C17H17Cl2N2O3S+. The van der Waals surface area contributed by atoms with Gasteiger partial charge < -0.3 is 15.0 Å². The first-order chi connectivity index (χ1) is 11.9. The van der Waals surface area contributed by atoms with Crippen molar-refractivity contribution in [2.24, 2.45) is 0 Å². The van der Waals surface area contributed by atoms with E-state index in [0.717, 1.165) is 30.0 Å². The summed E-state index contributed by atoms with van der Waals surface area (Å²) in [7, 11) is 3.44. The van der Waals surface area contributed by atoms with Crippen LogP contribution < -0.4 is 10.2 Å². The van der Waals surface area contributed by atoms with Crippen LogP contribution in [0.2, 0.25) is 10.0 Å². The lowest BCUT2D eigenvalue weighted by molar-refractivity contribution is -0.895. The highest BCUT2D eigenvalue weighted by Gasteiger charge is 2.30. The lowest BCUT2D eigenvalue weighted by Gasteiger charge is -2.19. The van der Waals surface area contributed by atoms with Crippen LogP contribution in [0.4, 0.5) is 5.00 Å². The molecule has 1 aliphatic rings. The van der Waals surface area contributed by atoms with E-state index >= 15 is 0 Å². The Labute approximate surface area is 159 Å². The van der Waals surface area contributed by atoms with Gasteiger partial charge in [0.15, 0.2) is 0 Å². The number of hydrogen-bond donors (Lipinski definition) is 2. The Bertz CT molecular complexity index is 851. The standard InChI is InChI=1S/C17H16Cl2N2O3S/c1-21-6-5-11-13(8-21)25-16(14(11)17(23)24-2)20-15(22)10-4-3-9(18)7-12(10)19/h3-4,7H,5-6,8H2,1-2H3,(H,20,22)/p+1. The number of carbonyl (C=O) groups excluding carboxylic acids is 2. The smallest absolute Gasteiger partial charge is 0.341 e. The third kappa shape index (κ3) is 3.67. The maximum Gasteiger partial charge on any atom is 0.341 e. The number of halogens is 2. The van der Waals surface area contributed by atoms with E-state index in [2.05, 4.69) is 12.4 Å². The molecule has 1 atom stereocenters. The van der Waals surface area contributed by atoms with Crippen molar-refractivity contribution in [3.05, 3.63) is 49.8 Å². The number of likely N-dealkylation sites (N-methyl/N-ethyl adjacent to an activating group) is 1. The van der Waals surface area contributed by atoms with Crippen molar-refractivity contribution in [1.29, 1.82) is 0 Å². The van der Waals surface area contributed by atoms with Gasteiger partial charge in [0.05, 0.1) is 41.7 Å². The zero-order valence-electron chi connectivity index (χ0n) is 13.7. The van der Waals surface area contributed by atoms with E-state index in [0.29, 0.717) is 21.2 Å². The molecule has 0 radical (unpaired) electrons. The second kappa shape index (κ2) is 7.33. The molecule has 1 aromatic carbocycles. The molecule has 0 aliphatic carbocycles. The quantitative estimate of drug-likeness (QED) is 0.779. The minimum atomic E-state index is -0.436. The first-order valence-electron chi connectivity index (χ1n) is 7.71. The molecule has 1 aromatic heterocycles. The summed E-state index contributed by atoms with van der Waals surface area (Å²) in [6.07, 6.45) is 0.777. The van der Waals surface area contributed by atoms with Crippen molar-refractivity contribution in [1.82, 2.24) is 0 Å². The summed E-state index contributed by atoms with van der Waals surface area (Å²) in [5.41, 5.74) is 1.73. The molecule has 0 fully saturated rings. The highest BCUT2D eigenvalue weighted by atomic mass is 35.5. The Morgan fingerprint density at radius 2 is 2.08 bits per heavy atom. The van der Waals surface area contributed by atoms with Gasteiger partial charge in [0.1, 0.15) is 11.5 Å². The van der Waals surface area contributed by atoms with E-state index in [1.54, 1.807) is 12.1 Å². The molecule has 1 unspecified atom stereocenters. The van der Waals surface area contributed by atoms with Crippen LogP contribution in [-0.4, -0.2) is 32.6 Å². The molecule has 2 N–H and O–H groups in total. The summed E-state index contributed by atoms with van der Waals surface area (Å²) in [6.45, 7) is 1.76. The van der Waals surface area contributed by atoms with Crippen LogP contribution in [0.15, 0.2) is 18.2 Å². The number of esters is 1. The van der Waals surface area contributed by atoms with Crippen LogP contribution in [0.3, 0.4) is 0 Å². The molecule has 132 valence electrons. The molecule has 2 heterocycles. The Hall–Kier alpha value is -1.60. The van der Waals surface area contributed by atoms with Crippen molar-refractivity contribution in [2.75, 3.05) is 26.0 Å². The fourth-order valence-corrected chi connectivity index (χ4v) is 4.71. The van der Waals surface area contributed by atoms with Gasteiger partial charge in [-0.2, -0.15) is 0 Å². The predicted octanol–water partition coefficient (Wildman–Crippen LogP) is 2.66. The van der Waals surface area contributed by atoms with E-state index in [9.17, 15) is 9.59 Å². The number of fused-ring (bicyclic) bond motifs is 1. The van der Waals surface area contributed by atoms with E-state index in [4.69, 9.17) is 27.9 Å². The normalized spacial score (nSPS) is 16.2. The summed E-state index contributed by atoms with van der Waals surface area (Å²) in [4.78, 5) is 27.3. The zero-order chi connectivity index (χ0) is 18.1. The van der Waals surface area contributed by atoms with Gasteiger partial charge in [-0.15, -0.1) is 11.3 Å². The predicted molar refractivity (Wildman–Crippen MR) is 99.2 cm³/mol. The SMILES string of the molecule is COC(=O)c1c(NC(=O)c2ccc(Cl)cc2Cl)sc2c1CC[NH+](C)C2. The van der Waals surface area contributed by atoms with Crippen LogP contribution >= 0.6 is 34.5 Å². The van der Waals surface area contributed by atoms with E-state index in [1.165, 1.54) is 29.4 Å². The Morgan fingerprint density at radius 1 is 1.32 bits per heavy atom. The molecule has 0 spiro atoms. The van der Waals surface area contributed by atoms with Crippen LogP contribution in [0.1, 0.15) is 31.2 Å². The highest BCUT2D eigenvalue weighted by Crippen LogP contribution is 2.36. The number of rotatable bonds is 3. The van der Waals surface area contributed by atoms with Crippen molar-refractivity contribution >= 4 is 51.4 Å². The van der Waals surface area contributed by atoms with Crippen molar-refractivity contribution in [2.45, 2.75) is 13.0 Å². The lowest BCUT2D eigenvalue weighted by atomic mass is 10.0. The summed E-state index contributed by atoms with van der Waals surface area (Å²) in [6, 6.07) is 4.67. The molecule has 8 heteroatoms. The molecular weight excluding hydrogens is 383 g/mol. The van der Waals surface area contributed by atoms with Gasteiger partial charge in [-0.1, -0.05) is 23.2 Å². The van der Waals surface area contributed by atoms with Gasteiger partial charge in [0.25, 0.3) is 5.91 Å². The van der Waals surface area contributed by atoms with Crippen LogP contribution in [0, 0.1) is 0 Å². The van der Waals surface area contributed by atoms with Gasteiger partial charge >= 0.3 is 5.97 Å². The molecule has 2 aromatic rings. The van der Waals surface area contributed by atoms with Crippen LogP contribution in [0.5, 0.6) is 0 Å². The number of carbonyl (C=O) groups is 2. The number of hydrogen-bond acceptors (Lipinski definition) is 4. The van der Waals surface area contributed by atoms with E-state index in [1.807, 2.05) is 0 Å². The molecule has 0 bridgehead atoms. The first-order valence-corrected chi connectivity index (χ1v) is 9.28. The average molecular weight is 400 g/mol. The number of ether oxygens (including phenoxy) is 1. The Morgan fingerprint density at radius 3 is 2.76 bits per heavy atom. The second-order valence-electron chi connectivity index (χ2n) is 5.91. The van der Waals surface area contributed by atoms with Crippen molar-refractivity contribution < 1.29 is 19.2 Å². The first kappa shape index (κ1) is 18.2. The van der Waals surface area contributed by atoms with Crippen molar-refractivity contribution in [3.8, 4) is 0 Å². The van der Waals surface area contributed by atoms with Crippen LogP contribution in [0.25, 0.3) is 0 Å². The van der Waals surface area contributed by atoms with Gasteiger partial charge in [-0.3, -0.25) is 4.79 Å². The number of anilines is 1. The third-order valence-electron chi connectivity index (χ3n) is 4.15. The molecule has 1 amide bonds. The minimum Gasteiger partial charge on any atom is -0.465 e. The van der Waals surface area contributed by atoms with E-state index in [-0.39, 0.29) is 10.9 Å². The van der Waals surface area contributed by atoms with Gasteiger partial charge in [-0.05, 0) is 23.8 Å². The lowest BCUT2D eigenvalue weighted by Crippen LogP contribution is -3.08. The summed E-state index contributed by atoms with van der Waals surface area (Å²) >= 11 is 13.4. The monoisotopic (exact) mass is 399 g/mol. The Balaban J connectivity index is 1.96. The molecule has 0 saturated heterocycles. The number of nitrogens with one attached hydrogen (secondary N) is 2. The molecule has 25 heavy (non-hydrogen) atoms. The fourth-order valence-electron chi connectivity index (χ4n) is 2.87. The number of quaternary nitrogens is 1. The minimum absolute atomic E-state index is 0.259. The number of methoxy groups -OCH3 is 1. The van der Waals surface area contributed by atoms with Crippen molar-refractivity contribution in [3.63, 3.8) is 0 Å². The zero-order valence-corrected chi connectivity index (χ0v) is 16.1. The molecule has 5 nitrogen and oxygen atoms in total. The Kier molecular flexibility index (Phi) is 5.34. The van der Waals surface area contributed by atoms with Gasteiger partial charge in [-0.25, -0.2) is 4.79 Å². The topological polar surface area (TPSA) is 59.8 Å². The molecule has 0 saturated carbocycles. The van der Waals surface area contributed by atoms with Gasteiger partial charge in [0.2, 0.25) is 0 Å². The van der Waals surface area contributed by atoms with Gasteiger partial charge in [0, 0.05) is 11.4 Å². The number of amides is 1. The summed E-state index contributed by atoms with van der Waals surface area (Å²) in [5, 5.41) is 4.03. The summed E-state index contributed by atoms with van der Waals surface area (Å²) in [5.74, 6) is -0.819. The number of thiophene rings is 1.